The van der Waals surface area contributed by atoms with Crippen LogP contribution in [0.15, 0.2) is 71.7 Å². The molecule has 0 saturated carbocycles. The van der Waals surface area contributed by atoms with Crippen LogP contribution in [0.2, 0.25) is 0 Å². The van der Waals surface area contributed by atoms with Gasteiger partial charge in [-0.2, -0.15) is 0 Å². The van der Waals surface area contributed by atoms with Crippen molar-refractivity contribution in [3.05, 3.63) is 72.3 Å². The molecule has 0 bridgehead atoms. The Hall–Kier alpha value is -2.61. The standard InChI is InChI=1S/C19H15NO/c1-2-6-15-13-16(10-9-14(15)5-1)17-7-3-4-8-18(17)19-20-11-12-21-19/h1-10,13H,11-12H2. The molecule has 0 fully saturated rings. The Balaban J connectivity index is 1.88. The summed E-state index contributed by atoms with van der Waals surface area (Å²) in [4.78, 5) is 4.45. The van der Waals surface area contributed by atoms with Crippen molar-refractivity contribution in [2.45, 2.75) is 0 Å². The van der Waals surface area contributed by atoms with Gasteiger partial charge in [0.2, 0.25) is 5.90 Å². The highest BCUT2D eigenvalue weighted by Gasteiger charge is 2.15. The van der Waals surface area contributed by atoms with Gasteiger partial charge in [-0.1, -0.05) is 54.6 Å². The molecule has 1 aliphatic rings. The first-order chi connectivity index (χ1) is 10.4. The second kappa shape index (κ2) is 5.06. The summed E-state index contributed by atoms with van der Waals surface area (Å²) in [5.41, 5.74) is 3.44. The van der Waals surface area contributed by atoms with E-state index >= 15 is 0 Å². The van der Waals surface area contributed by atoms with Crippen molar-refractivity contribution in [3.63, 3.8) is 0 Å². The van der Waals surface area contributed by atoms with E-state index in [-0.39, 0.29) is 0 Å². The smallest absolute Gasteiger partial charge is 0.216 e. The molecular formula is C19H15NO. The summed E-state index contributed by atoms with van der Waals surface area (Å²) >= 11 is 0. The molecule has 0 saturated heterocycles. The van der Waals surface area contributed by atoms with Crippen molar-refractivity contribution in [2.24, 2.45) is 4.99 Å². The van der Waals surface area contributed by atoms with E-state index in [2.05, 4.69) is 65.7 Å². The van der Waals surface area contributed by atoms with Gasteiger partial charge >= 0.3 is 0 Å². The van der Waals surface area contributed by atoms with Gasteiger partial charge in [-0.3, -0.25) is 0 Å². The van der Waals surface area contributed by atoms with Gasteiger partial charge in [0.05, 0.1) is 6.54 Å². The minimum atomic E-state index is 0.682. The van der Waals surface area contributed by atoms with Crippen molar-refractivity contribution in [1.29, 1.82) is 0 Å². The second-order valence-corrected chi connectivity index (χ2v) is 5.14. The average Bonchev–Trinajstić information content (AvgIpc) is 3.09. The number of hydrogen-bond donors (Lipinski definition) is 0. The third-order valence-electron chi connectivity index (χ3n) is 3.80. The van der Waals surface area contributed by atoms with Crippen molar-refractivity contribution in [2.75, 3.05) is 13.2 Å². The van der Waals surface area contributed by atoms with E-state index in [9.17, 15) is 0 Å². The van der Waals surface area contributed by atoms with Crippen molar-refractivity contribution < 1.29 is 4.74 Å². The maximum atomic E-state index is 5.64. The van der Waals surface area contributed by atoms with Crippen LogP contribution in [0.4, 0.5) is 0 Å². The van der Waals surface area contributed by atoms with E-state index in [1.54, 1.807) is 0 Å². The van der Waals surface area contributed by atoms with Gasteiger partial charge < -0.3 is 4.74 Å². The zero-order valence-corrected chi connectivity index (χ0v) is 11.6. The summed E-state index contributed by atoms with van der Waals surface area (Å²) in [6, 6.07) is 23.3. The zero-order valence-electron chi connectivity index (χ0n) is 11.6. The molecule has 2 nitrogen and oxygen atoms in total. The van der Waals surface area contributed by atoms with Crippen LogP contribution in [-0.2, 0) is 4.74 Å². The van der Waals surface area contributed by atoms with Gasteiger partial charge in [0, 0.05) is 5.56 Å². The van der Waals surface area contributed by atoms with Gasteiger partial charge in [0.25, 0.3) is 0 Å². The predicted molar refractivity (Wildman–Crippen MR) is 86.7 cm³/mol. The lowest BCUT2D eigenvalue weighted by Crippen LogP contribution is -2.03. The first-order valence-corrected chi connectivity index (χ1v) is 7.18. The maximum Gasteiger partial charge on any atom is 0.216 e. The Kier molecular flexibility index (Phi) is 2.93. The first-order valence-electron chi connectivity index (χ1n) is 7.18. The highest BCUT2D eigenvalue weighted by molar-refractivity contribution is 6.02. The topological polar surface area (TPSA) is 21.6 Å². The Morgan fingerprint density at radius 2 is 1.52 bits per heavy atom. The second-order valence-electron chi connectivity index (χ2n) is 5.14. The Morgan fingerprint density at radius 1 is 0.762 bits per heavy atom. The summed E-state index contributed by atoms with van der Waals surface area (Å²) in [6.45, 7) is 1.43. The van der Waals surface area contributed by atoms with E-state index in [1.807, 2.05) is 6.07 Å². The van der Waals surface area contributed by atoms with Crippen molar-refractivity contribution in [3.8, 4) is 11.1 Å². The van der Waals surface area contributed by atoms with Crippen LogP contribution in [0.25, 0.3) is 21.9 Å². The molecule has 0 radical (unpaired) electrons. The Labute approximate surface area is 123 Å². The molecule has 0 spiro atoms. The number of rotatable bonds is 2. The SMILES string of the molecule is c1ccc(-c2ccc3ccccc3c2)c(C2=NCCO2)c1. The van der Waals surface area contributed by atoms with E-state index in [0.29, 0.717) is 6.61 Å². The van der Waals surface area contributed by atoms with E-state index < -0.39 is 0 Å². The fourth-order valence-electron chi connectivity index (χ4n) is 2.78. The molecule has 0 aromatic heterocycles. The molecule has 0 amide bonds. The lowest BCUT2D eigenvalue weighted by atomic mass is 9.97. The zero-order chi connectivity index (χ0) is 14.1. The lowest BCUT2D eigenvalue weighted by Gasteiger charge is -2.10. The Bertz CT molecular complexity index is 836. The molecule has 102 valence electrons. The number of ether oxygens (including phenoxy) is 1. The van der Waals surface area contributed by atoms with Crippen LogP contribution in [0.1, 0.15) is 5.56 Å². The molecule has 2 heteroatoms. The van der Waals surface area contributed by atoms with E-state index in [4.69, 9.17) is 4.74 Å². The summed E-state index contributed by atoms with van der Waals surface area (Å²) in [5, 5.41) is 2.51. The molecule has 4 rings (SSSR count). The van der Waals surface area contributed by atoms with Crippen molar-refractivity contribution in [1.82, 2.24) is 0 Å². The normalized spacial score (nSPS) is 14.0. The van der Waals surface area contributed by atoms with Crippen LogP contribution in [0.3, 0.4) is 0 Å². The third-order valence-corrected chi connectivity index (χ3v) is 3.80. The fraction of sp³-hybridized carbons (Fsp3) is 0.105. The minimum Gasteiger partial charge on any atom is -0.475 e. The highest BCUT2D eigenvalue weighted by atomic mass is 16.5. The highest BCUT2D eigenvalue weighted by Crippen LogP contribution is 2.28. The summed E-state index contributed by atoms with van der Waals surface area (Å²) in [5.74, 6) is 0.763. The monoisotopic (exact) mass is 273 g/mol. The van der Waals surface area contributed by atoms with E-state index in [0.717, 1.165) is 18.0 Å². The molecule has 3 aromatic carbocycles. The fourth-order valence-corrected chi connectivity index (χ4v) is 2.78. The lowest BCUT2D eigenvalue weighted by molar-refractivity contribution is 0.348. The molecule has 1 heterocycles. The number of nitrogens with zero attached hydrogens (tertiary/aromatic N) is 1. The van der Waals surface area contributed by atoms with E-state index in [1.165, 1.54) is 21.9 Å². The largest absolute Gasteiger partial charge is 0.475 e. The quantitative estimate of drug-likeness (QED) is 0.682. The number of fused-ring (bicyclic) bond motifs is 1. The number of benzene rings is 3. The van der Waals surface area contributed by atoms with Gasteiger partial charge in [0.15, 0.2) is 0 Å². The van der Waals surface area contributed by atoms with Crippen LogP contribution < -0.4 is 0 Å². The van der Waals surface area contributed by atoms with Gasteiger partial charge in [0.1, 0.15) is 6.61 Å². The number of hydrogen-bond acceptors (Lipinski definition) is 2. The van der Waals surface area contributed by atoms with Crippen LogP contribution in [0.5, 0.6) is 0 Å². The minimum absolute atomic E-state index is 0.682. The van der Waals surface area contributed by atoms with Gasteiger partial charge in [-0.15, -0.1) is 0 Å². The average molecular weight is 273 g/mol. The molecule has 0 unspecified atom stereocenters. The van der Waals surface area contributed by atoms with Gasteiger partial charge in [-0.25, -0.2) is 4.99 Å². The molecule has 0 atom stereocenters. The Morgan fingerprint density at radius 3 is 2.33 bits per heavy atom. The summed E-state index contributed by atoms with van der Waals surface area (Å²) < 4.78 is 5.64. The van der Waals surface area contributed by atoms with Gasteiger partial charge in [-0.05, 0) is 34.0 Å². The van der Waals surface area contributed by atoms with Crippen molar-refractivity contribution >= 4 is 16.7 Å². The third kappa shape index (κ3) is 2.19. The maximum absolute atomic E-state index is 5.64. The molecule has 3 aromatic rings. The molecular weight excluding hydrogens is 258 g/mol. The number of aliphatic imine (C=N–C) groups is 1. The van der Waals surface area contributed by atoms with Crippen LogP contribution in [-0.4, -0.2) is 19.0 Å². The predicted octanol–water partition coefficient (Wildman–Crippen LogP) is 4.28. The summed E-state index contributed by atoms with van der Waals surface area (Å²) in [7, 11) is 0. The molecule has 1 aliphatic heterocycles. The molecule has 0 N–H and O–H groups in total. The molecule has 0 aliphatic carbocycles. The summed E-state index contributed by atoms with van der Waals surface area (Å²) in [6.07, 6.45) is 0. The van der Waals surface area contributed by atoms with Crippen LogP contribution in [0, 0.1) is 0 Å². The van der Waals surface area contributed by atoms with Crippen LogP contribution >= 0.6 is 0 Å². The molecule has 21 heavy (non-hydrogen) atoms. The first kappa shape index (κ1) is 12.2.